The molecule has 0 aromatic rings. The summed E-state index contributed by atoms with van der Waals surface area (Å²) in [6.45, 7) is 1.31. The summed E-state index contributed by atoms with van der Waals surface area (Å²) < 4.78 is 40.6. The van der Waals surface area contributed by atoms with Gasteiger partial charge in [0.2, 0.25) is 0 Å². The monoisotopic (exact) mass is 336 g/mol. The van der Waals surface area contributed by atoms with E-state index >= 15 is 0 Å². The number of unbranched alkanes of at least 4 members (excludes halogenated alkanes) is 4. The molecule has 0 aliphatic carbocycles. The van der Waals surface area contributed by atoms with Crippen LogP contribution in [0.1, 0.15) is 38.5 Å². The lowest BCUT2D eigenvalue weighted by atomic mass is 10.2. The van der Waals surface area contributed by atoms with Gasteiger partial charge in [0, 0.05) is 24.3 Å². The minimum atomic E-state index is -4.09. The standard InChI is InChI=1S/C11H20BrF3OS/c12-7-3-1-2-4-8-16-9-5-6-10-17-11(13,14)15/h1-10H2. The first-order valence-electron chi connectivity index (χ1n) is 5.90. The Balaban J connectivity index is 2.99. The molecule has 0 saturated carbocycles. The molecule has 0 heterocycles. The lowest BCUT2D eigenvalue weighted by Gasteiger charge is -2.06. The topological polar surface area (TPSA) is 9.23 Å². The summed E-state index contributed by atoms with van der Waals surface area (Å²) in [4.78, 5) is 0. The van der Waals surface area contributed by atoms with Gasteiger partial charge in [0.05, 0.1) is 0 Å². The maximum absolute atomic E-state index is 11.8. The van der Waals surface area contributed by atoms with Gasteiger partial charge in [-0.25, -0.2) is 0 Å². The van der Waals surface area contributed by atoms with Crippen LogP contribution < -0.4 is 0 Å². The normalized spacial score (nSPS) is 12.0. The molecule has 1 nitrogen and oxygen atoms in total. The molecule has 0 aliphatic heterocycles. The molecular formula is C11H20BrF3OS. The van der Waals surface area contributed by atoms with Gasteiger partial charge < -0.3 is 4.74 Å². The molecule has 0 saturated heterocycles. The van der Waals surface area contributed by atoms with Gasteiger partial charge in [0.1, 0.15) is 0 Å². The zero-order valence-electron chi connectivity index (χ0n) is 9.90. The zero-order valence-corrected chi connectivity index (χ0v) is 12.3. The second-order valence-electron chi connectivity index (χ2n) is 3.72. The van der Waals surface area contributed by atoms with E-state index in [0.717, 1.165) is 24.8 Å². The molecule has 0 N–H and O–H groups in total. The smallest absolute Gasteiger partial charge is 0.381 e. The van der Waals surface area contributed by atoms with Crippen LogP contribution in [0.4, 0.5) is 13.2 Å². The highest BCUT2D eigenvalue weighted by atomic mass is 79.9. The van der Waals surface area contributed by atoms with Crippen molar-refractivity contribution in [1.82, 2.24) is 0 Å². The third-order valence-corrected chi connectivity index (χ3v) is 3.50. The lowest BCUT2D eigenvalue weighted by Crippen LogP contribution is -2.02. The van der Waals surface area contributed by atoms with Crippen molar-refractivity contribution in [3.8, 4) is 0 Å². The molecule has 104 valence electrons. The Morgan fingerprint density at radius 1 is 0.882 bits per heavy atom. The van der Waals surface area contributed by atoms with Crippen molar-refractivity contribution in [3.05, 3.63) is 0 Å². The van der Waals surface area contributed by atoms with E-state index in [-0.39, 0.29) is 17.5 Å². The van der Waals surface area contributed by atoms with Crippen LogP contribution in [0.5, 0.6) is 0 Å². The fraction of sp³-hybridized carbons (Fsp3) is 1.00. The van der Waals surface area contributed by atoms with Gasteiger partial charge in [-0.2, -0.15) is 13.2 Å². The van der Waals surface area contributed by atoms with Crippen molar-refractivity contribution in [3.63, 3.8) is 0 Å². The highest BCUT2D eigenvalue weighted by Gasteiger charge is 2.27. The van der Waals surface area contributed by atoms with Crippen molar-refractivity contribution in [1.29, 1.82) is 0 Å². The predicted octanol–water partition coefficient (Wildman–Crippen LogP) is 4.99. The molecule has 0 aromatic carbocycles. The van der Waals surface area contributed by atoms with Crippen molar-refractivity contribution < 1.29 is 17.9 Å². The fourth-order valence-electron chi connectivity index (χ4n) is 1.25. The van der Waals surface area contributed by atoms with E-state index in [9.17, 15) is 13.2 Å². The molecule has 0 atom stereocenters. The van der Waals surface area contributed by atoms with Crippen LogP contribution in [0.15, 0.2) is 0 Å². The van der Waals surface area contributed by atoms with E-state index in [1.165, 1.54) is 12.8 Å². The number of thioether (sulfide) groups is 1. The Labute approximate surface area is 114 Å². The quantitative estimate of drug-likeness (QED) is 0.388. The van der Waals surface area contributed by atoms with E-state index in [2.05, 4.69) is 15.9 Å². The molecule has 0 unspecified atom stereocenters. The van der Waals surface area contributed by atoms with Gasteiger partial charge in [-0.15, -0.1) is 0 Å². The van der Waals surface area contributed by atoms with E-state index in [1.54, 1.807) is 0 Å². The number of alkyl halides is 4. The number of rotatable bonds is 11. The van der Waals surface area contributed by atoms with Crippen LogP contribution in [0.3, 0.4) is 0 Å². The first-order chi connectivity index (χ1) is 8.06. The van der Waals surface area contributed by atoms with Crippen molar-refractivity contribution in [2.45, 2.75) is 44.0 Å². The molecule has 0 aromatic heterocycles. The van der Waals surface area contributed by atoms with Gasteiger partial charge in [0.15, 0.2) is 0 Å². The van der Waals surface area contributed by atoms with Gasteiger partial charge in [0.25, 0.3) is 0 Å². The lowest BCUT2D eigenvalue weighted by molar-refractivity contribution is -0.0328. The SMILES string of the molecule is FC(F)(F)SCCCCOCCCCCCBr. The van der Waals surface area contributed by atoms with Gasteiger partial charge in [-0.1, -0.05) is 40.5 Å². The average Bonchev–Trinajstić information content (AvgIpc) is 2.24. The predicted molar refractivity (Wildman–Crippen MR) is 70.8 cm³/mol. The van der Waals surface area contributed by atoms with E-state index in [1.807, 2.05) is 0 Å². The minimum Gasteiger partial charge on any atom is -0.381 e. The Morgan fingerprint density at radius 3 is 2.06 bits per heavy atom. The molecule has 17 heavy (non-hydrogen) atoms. The average molecular weight is 337 g/mol. The van der Waals surface area contributed by atoms with E-state index < -0.39 is 5.51 Å². The van der Waals surface area contributed by atoms with Crippen LogP contribution >= 0.6 is 27.7 Å². The van der Waals surface area contributed by atoms with Gasteiger partial charge in [-0.05, 0) is 25.7 Å². The maximum Gasteiger partial charge on any atom is 0.441 e. The maximum atomic E-state index is 11.8. The largest absolute Gasteiger partial charge is 0.441 e. The van der Waals surface area contributed by atoms with E-state index in [0.29, 0.717) is 19.4 Å². The summed E-state index contributed by atoms with van der Waals surface area (Å²) in [6, 6.07) is 0. The third kappa shape index (κ3) is 16.6. The summed E-state index contributed by atoms with van der Waals surface area (Å²) in [7, 11) is 0. The summed E-state index contributed by atoms with van der Waals surface area (Å²) in [6.07, 6.45) is 5.88. The van der Waals surface area contributed by atoms with Gasteiger partial charge >= 0.3 is 5.51 Å². The van der Waals surface area contributed by atoms with Crippen LogP contribution in [-0.4, -0.2) is 29.8 Å². The minimum absolute atomic E-state index is 0.0510. The molecule has 0 radical (unpaired) electrons. The number of hydrogen-bond acceptors (Lipinski definition) is 2. The van der Waals surface area contributed by atoms with E-state index in [4.69, 9.17) is 4.74 Å². The molecule has 0 aliphatic rings. The first kappa shape index (κ1) is 17.6. The van der Waals surface area contributed by atoms with Crippen LogP contribution in [0.25, 0.3) is 0 Å². The Bertz CT molecular complexity index is 167. The summed E-state index contributed by atoms with van der Waals surface area (Å²) in [5.41, 5.74) is -4.09. The van der Waals surface area contributed by atoms with Crippen LogP contribution in [-0.2, 0) is 4.74 Å². The Hall–Kier alpha value is 0.580. The molecule has 0 spiro atoms. The molecule has 0 rings (SSSR count). The molecule has 0 fully saturated rings. The summed E-state index contributed by atoms with van der Waals surface area (Å²) >= 11 is 3.42. The molecule has 6 heteroatoms. The second-order valence-corrected chi connectivity index (χ2v) is 5.67. The summed E-state index contributed by atoms with van der Waals surface area (Å²) in [5, 5.41) is 1.05. The fourth-order valence-corrected chi connectivity index (χ4v) is 2.22. The van der Waals surface area contributed by atoms with Crippen LogP contribution in [0, 0.1) is 0 Å². The number of ether oxygens (including phenoxy) is 1. The van der Waals surface area contributed by atoms with Crippen molar-refractivity contribution in [2.24, 2.45) is 0 Å². The van der Waals surface area contributed by atoms with Crippen molar-refractivity contribution in [2.75, 3.05) is 24.3 Å². The zero-order chi connectivity index (χ0) is 13.0. The molecule has 0 amide bonds. The second kappa shape index (κ2) is 11.7. The summed E-state index contributed by atoms with van der Waals surface area (Å²) in [5.74, 6) is 0.137. The van der Waals surface area contributed by atoms with Gasteiger partial charge in [-0.3, -0.25) is 0 Å². The molecule has 0 bridgehead atoms. The highest BCUT2D eigenvalue weighted by molar-refractivity contribution is 9.09. The third-order valence-electron chi connectivity index (χ3n) is 2.12. The molecular weight excluding hydrogens is 317 g/mol. The first-order valence-corrected chi connectivity index (χ1v) is 8.01. The van der Waals surface area contributed by atoms with Crippen LogP contribution in [0.2, 0.25) is 0 Å². The van der Waals surface area contributed by atoms with Crippen molar-refractivity contribution >= 4 is 27.7 Å². The highest BCUT2D eigenvalue weighted by Crippen LogP contribution is 2.30. The Morgan fingerprint density at radius 2 is 1.47 bits per heavy atom. The number of halogens is 4. The Kier molecular flexibility index (Phi) is 12.1. The number of hydrogen-bond donors (Lipinski definition) is 0.